The summed E-state index contributed by atoms with van der Waals surface area (Å²) in [5.74, 6) is 0. The van der Waals surface area contributed by atoms with Crippen molar-refractivity contribution in [3.63, 3.8) is 0 Å². The highest BCUT2D eigenvalue weighted by molar-refractivity contribution is 4.82. The lowest BCUT2D eigenvalue weighted by Gasteiger charge is -2.19. The van der Waals surface area contributed by atoms with Gasteiger partial charge in [-0.1, -0.05) is 26.7 Å². The summed E-state index contributed by atoms with van der Waals surface area (Å²) in [6, 6.07) is 0. The van der Waals surface area contributed by atoms with E-state index in [0.29, 0.717) is 5.41 Å². The van der Waals surface area contributed by atoms with Crippen LogP contribution in [0.4, 0.5) is 0 Å². The van der Waals surface area contributed by atoms with Crippen molar-refractivity contribution in [3.05, 3.63) is 0 Å². The second-order valence-electron chi connectivity index (χ2n) is 5.71. The van der Waals surface area contributed by atoms with Crippen LogP contribution in [0, 0.1) is 5.41 Å². The number of nitrogens with one attached hydrogen (secondary N) is 1. The Balaban J connectivity index is 1.93. The first kappa shape index (κ1) is 13.0. The molecule has 2 nitrogen and oxygen atoms in total. The average Bonchev–Trinajstić information content (AvgIpc) is 2.52. The van der Waals surface area contributed by atoms with E-state index >= 15 is 0 Å². The van der Waals surface area contributed by atoms with E-state index in [1.54, 1.807) is 0 Å². The molecule has 0 aromatic heterocycles. The van der Waals surface area contributed by atoms with E-state index in [4.69, 9.17) is 0 Å². The number of hydrogen-bond acceptors (Lipinski definition) is 2. The first-order valence-electron chi connectivity index (χ1n) is 6.51. The SMILES string of the molecule is CNCCCCCCN1CCC(C)(C)C1. The van der Waals surface area contributed by atoms with Crippen molar-refractivity contribution in [3.8, 4) is 0 Å². The molecule has 0 bridgehead atoms. The molecule has 1 rings (SSSR count). The van der Waals surface area contributed by atoms with E-state index in [9.17, 15) is 0 Å². The molecule has 0 aliphatic carbocycles. The third-order valence-corrected chi connectivity index (χ3v) is 3.41. The fraction of sp³-hybridized carbons (Fsp3) is 1.00. The molecule has 0 unspecified atom stereocenters. The van der Waals surface area contributed by atoms with Gasteiger partial charge in [0, 0.05) is 6.54 Å². The van der Waals surface area contributed by atoms with Gasteiger partial charge in [-0.15, -0.1) is 0 Å². The van der Waals surface area contributed by atoms with Gasteiger partial charge in [0.2, 0.25) is 0 Å². The number of nitrogens with zero attached hydrogens (tertiary/aromatic N) is 1. The summed E-state index contributed by atoms with van der Waals surface area (Å²) in [4.78, 5) is 2.64. The van der Waals surface area contributed by atoms with Gasteiger partial charge in [-0.05, 0) is 51.4 Å². The Morgan fingerprint density at radius 2 is 1.87 bits per heavy atom. The quantitative estimate of drug-likeness (QED) is 0.652. The monoisotopic (exact) mass is 212 g/mol. The Kier molecular flexibility index (Phi) is 5.62. The summed E-state index contributed by atoms with van der Waals surface area (Å²) in [7, 11) is 2.03. The van der Waals surface area contributed by atoms with E-state index in [2.05, 4.69) is 24.1 Å². The van der Waals surface area contributed by atoms with Crippen LogP contribution in [0.15, 0.2) is 0 Å². The van der Waals surface area contributed by atoms with E-state index in [-0.39, 0.29) is 0 Å². The van der Waals surface area contributed by atoms with Crippen molar-refractivity contribution in [2.24, 2.45) is 5.41 Å². The third kappa shape index (κ3) is 5.53. The molecule has 0 aromatic rings. The van der Waals surface area contributed by atoms with E-state index < -0.39 is 0 Å². The van der Waals surface area contributed by atoms with Gasteiger partial charge in [0.25, 0.3) is 0 Å². The lowest BCUT2D eigenvalue weighted by Crippen LogP contribution is -2.24. The van der Waals surface area contributed by atoms with Gasteiger partial charge in [0.05, 0.1) is 0 Å². The first-order chi connectivity index (χ1) is 7.14. The maximum Gasteiger partial charge on any atom is 0.00332 e. The van der Waals surface area contributed by atoms with Crippen molar-refractivity contribution in [2.45, 2.75) is 46.0 Å². The number of unbranched alkanes of at least 4 members (excludes halogenated alkanes) is 3. The van der Waals surface area contributed by atoms with Crippen LogP contribution in [0.3, 0.4) is 0 Å². The summed E-state index contributed by atoms with van der Waals surface area (Å²) >= 11 is 0. The Bertz CT molecular complexity index is 166. The Hall–Kier alpha value is -0.0800. The molecule has 2 heteroatoms. The van der Waals surface area contributed by atoms with Crippen molar-refractivity contribution in [2.75, 3.05) is 33.2 Å². The van der Waals surface area contributed by atoms with E-state index in [1.165, 1.54) is 58.3 Å². The van der Waals surface area contributed by atoms with Crippen LogP contribution in [-0.4, -0.2) is 38.1 Å². The van der Waals surface area contributed by atoms with Gasteiger partial charge in [-0.3, -0.25) is 0 Å². The molecule has 0 spiro atoms. The highest BCUT2D eigenvalue weighted by atomic mass is 15.1. The van der Waals surface area contributed by atoms with Crippen LogP contribution in [0.2, 0.25) is 0 Å². The fourth-order valence-electron chi connectivity index (χ4n) is 2.41. The molecule has 0 amide bonds. The summed E-state index contributed by atoms with van der Waals surface area (Å²) in [6.45, 7) is 9.91. The van der Waals surface area contributed by atoms with Gasteiger partial charge < -0.3 is 10.2 Å². The van der Waals surface area contributed by atoms with Crippen molar-refractivity contribution in [1.29, 1.82) is 0 Å². The van der Waals surface area contributed by atoms with Crippen LogP contribution < -0.4 is 5.32 Å². The maximum atomic E-state index is 3.20. The van der Waals surface area contributed by atoms with Crippen molar-refractivity contribution < 1.29 is 0 Å². The molecule has 1 fully saturated rings. The Morgan fingerprint density at radius 1 is 1.13 bits per heavy atom. The molecule has 0 aromatic carbocycles. The molecule has 1 saturated heterocycles. The Labute approximate surface area is 95.4 Å². The molecule has 0 saturated carbocycles. The molecule has 1 aliphatic heterocycles. The molecular weight excluding hydrogens is 184 g/mol. The number of hydrogen-bond donors (Lipinski definition) is 1. The highest BCUT2D eigenvalue weighted by Crippen LogP contribution is 2.28. The summed E-state index contributed by atoms with van der Waals surface area (Å²) in [5.41, 5.74) is 0.576. The molecule has 90 valence electrons. The second-order valence-corrected chi connectivity index (χ2v) is 5.71. The zero-order valence-corrected chi connectivity index (χ0v) is 10.8. The molecule has 0 atom stereocenters. The smallest absolute Gasteiger partial charge is 0.00332 e. The fourth-order valence-corrected chi connectivity index (χ4v) is 2.41. The van der Waals surface area contributed by atoms with Crippen LogP contribution in [0.1, 0.15) is 46.0 Å². The number of rotatable bonds is 7. The zero-order chi connectivity index (χ0) is 11.1. The van der Waals surface area contributed by atoms with Crippen LogP contribution in [0.5, 0.6) is 0 Å². The van der Waals surface area contributed by atoms with Gasteiger partial charge >= 0.3 is 0 Å². The Morgan fingerprint density at radius 3 is 2.47 bits per heavy atom. The van der Waals surface area contributed by atoms with Gasteiger partial charge in [-0.25, -0.2) is 0 Å². The van der Waals surface area contributed by atoms with Crippen molar-refractivity contribution >= 4 is 0 Å². The third-order valence-electron chi connectivity index (χ3n) is 3.41. The minimum absolute atomic E-state index is 0.576. The normalized spacial score (nSPS) is 21.0. The van der Waals surface area contributed by atoms with Crippen LogP contribution >= 0.6 is 0 Å². The molecule has 1 aliphatic rings. The van der Waals surface area contributed by atoms with Gasteiger partial charge in [0.1, 0.15) is 0 Å². The van der Waals surface area contributed by atoms with Crippen LogP contribution in [0.25, 0.3) is 0 Å². The molecule has 1 heterocycles. The van der Waals surface area contributed by atoms with E-state index in [1.807, 2.05) is 7.05 Å². The minimum Gasteiger partial charge on any atom is -0.320 e. The van der Waals surface area contributed by atoms with Gasteiger partial charge in [0.15, 0.2) is 0 Å². The van der Waals surface area contributed by atoms with Crippen molar-refractivity contribution in [1.82, 2.24) is 10.2 Å². The average molecular weight is 212 g/mol. The first-order valence-corrected chi connectivity index (χ1v) is 6.51. The summed E-state index contributed by atoms with van der Waals surface area (Å²) in [6.07, 6.45) is 6.89. The molecule has 1 N–H and O–H groups in total. The molecule has 0 radical (unpaired) electrons. The lowest BCUT2D eigenvalue weighted by molar-refractivity contribution is 0.284. The molecule has 15 heavy (non-hydrogen) atoms. The largest absolute Gasteiger partial charge is 0.320 e. The predicted molar refractivity (Wildman–Crippen MR) is 67.2 cm³/mol. The zero-order valence-electron chi connectivity index (χ0n) is 10.8. The van der Waals surface area contributed by atoms with E-state index in [0.717, 1.165) is 0 Å². The standard InChI is InChI=1S/C13H28N2/c1-13(2)8-11-15(12-13)10-7-5-4-6-9-14-3/h14H,4-12H2,1-3H3. The summed E-state index contributed by atoms with van der Waals surface area (Å²) in [5, 5.41) is 3.20. The highest BCUT2D eigenvalue weighted by Gasteiger charge is 2.28. The minimum atomic E-state index is 0.576. The van der Waals surface area contributed by atoms with Gasteiger partial charge in [-0.2, -0.15) is 0 Å². The molecular formula is C13H28N2. The summed E-state index contributed by atoms with van der Waals surface area (Å²) < 4.78 is 0. The lowest BCUT2D eigenvalue weighted by atomic mass is 9.93. The topological polar surface area (TPSA) is 15.3 Å². The second kappa shape index (κ2) is 6.49. The van der Waals surface area contributed by atoms with Crippen LogP contribution in [-0.2, 0) is 0 Å². The predicted octanol–water partition coefficient (Wildman–Crippen LogP) is 2.50. The number of likely N-dealkylation sites (tertiary alicyclic amines) is 1. The maximum absolute atomic E-state index is 3.20.